The molecule has 0 aliphatic carbocycles. The first-order valence-electron chi connectivity index (χ1n) is 10.1. The molecule has 1 unspecified atom stereocenters. The molecule has 1 fully saturated rings. The van der Waals surface area contributed by atoms with E-state index in [0.717, 1.165) is 37.9 Å². The zero-order valence-electron chi connectivity index (χ0n) is 16.5. The lowest BCUT2D eigenvalue weighted by Crippen LogP contribution is -2.53. The molecule has 4 N–H and O–H groups in total. The Labute approximate surface area is 182 Å². The minimum Gasteiger partial charge on any atom is -0.368 e. The van der Waals surface area contributed by atoms with Crippen LogP contribution in [0.25, 0.3) is 0 Å². The number of aromatic nitrogens is 1. The molecule has 1 atom stereocenters. The van der Waals surface area contributed by atoms with Gasteiger partial charge in [-0.1, -0.05) is 35.3 Å². The van der Waals surface area contributed by atoms with E-state index in [0.29, 0.717) is 40.9 Å². The van der Waals surface area contributed by atoms with Gasteiger partial charge in [-0.25, -0.2) is 0 Å². The number of aryl methyl sites for hydroxylation is 1. The van der Waals surface area contributed by atoms with Crippen LogP contribution in [-0.4, -0.2) is 30.5 Å². The maximum Gasteiger partial charge on any atom is 0.242 e. The minimum atomic E-state index is -1.09. The van der Waals surface area contributed by atoms with Gasteiger partial charge in [-0.3, -0.25) is 15.1 Å². The first kappa shape index (κ1) is 22.0. The molecule has 3 rings (SSSR count). The molecule has 156 valence electrons. The summed E-state index contributed by atoms with van der Waals surface area (Å²) in [7, 11) is 0. The van der Waals surface area contributed by atoms with Gasteiger partial charge in [0.1, 0.15) is 5.54 Å². The third-order valence-electron chi connectivity index (χ3n) is 5.81. The van der Waals surface area contributed by atoms with Crippen molar-refractivity contribution in [2.75, 3.05) is 19.6 Å². The van der Waals surface area contributed by atoms with Crippen LogP contribution in [-0.2, 0) is 16.8 Å². The van der Waals surface area contributed by atoms with E-state index >= 15 is 0 Å². The predicted molar refractivity (Wildman–Crippen MR) is 118 cm³/mol. The molecule has 0 spiro atoms. The quantitative estimate of drug-likeness (QED) is 0.562. The van der Waals surface area contributed by atoms with Gasteiger partial charge in [0.05, 0.1) is 10.0 Å². The van der Waals surface area contributed by atoms with Gasteiger partial charge in [-0.05, 0) is 81.4 Å². The van der Waals surface area contributed by atoms with Crippen LogP contribution < -0.4 is 16.4 Å². The summed E-state index contributed by atoms with van der Waals surface area (Å²) in [5, 5.41) is 7.65. The van der Waals surface area contributed by atoms with Crippen molar-refractivity contribution in [3.63, 3.8) is 0 Å². The SMILES string of the molecule is NC(=O)C(CCc1ccncc1)(NCCC1CCNCC1)c1cccc(Cl)c1Cl. The van der Waals surface area contributed by atoms with Crippen LogP contribution >= 0.6 is 23.2 Å². The maximum absolute atomic E-state index is 12.8. The molecule has 7 heteroatoms. The van der Waals surface area contributed by atoms with Crippen LogP contribution in [0.15, 0.2) is 42.7 Å². The largest absolute Gasteiger partial charge is 0.368 e. The van der Waals surface area contributed by atoms with Crippen molar-refractivity contribution >= 4 is 29.1 Å². The third kappa shape index (κ3) is 5.48. The lowest BCUT2D eigenvalue weighted by atomic mass is 9.82. The van der Waals surface area contributed by atoms with Gasteiger partial charge in [-0.2, -0.15) is 0 Å². The smallest absolute Gasteiger partial charge is 0.242 e. The Balaban J connectivity index is 1.84. The van der Waals surface area contributed by atoms with Gasteiger partial charge in [0.15, 0.2) is 0 Å². The summed E-state index contributed by atoms with van der Waals surface area (Å²) in [5.41, 5.74) is 6.62. The predicted octanol–water partition coefficient (Wildman–Crippen LogP) is 3.68. The lowest BCUT2D eigenvalue weighted by molar-refractivity contribution is -0.125. The van der Waals surface area contributed by atoms with Gasteiger partial charge < -0.3 is 11.1 Å². The van der Waals surface area contributed by atoms with Crippen LogP contribution in [0.5, 0.6) is 0 Å². The number of nitrogens with zero attached hydrogens (tertiary/aromatic N) is 1. The highest BCUT2D eigenvalue weighted by Crippen LogP contribution is 2.36. The number of rotatable bonds is 9. The third-order valence-corrected chi connectivity index (χ3v) is 6.63. The van der Waals surface area contributed by atoms with E-state index in [9.17, 15) is 4.79 Å². The Morgan fingerprint density at radius 3 is 2.62 bits per heavy atom. The molecule has 0 saturated carbocycles. The van der Waals surface area contributed by atoms with Crippen molar-refractivity contribution in [2.24, 2.45) is 11.7 Å². The molecular weight excluding hydrogens is 407 g/mol. The summed E-state index contributed by atoms with van der Waals surface area (Å²) < 4.78 is 0. The number of primary amides is 1. The average molecular weight is 435 g/mol. The van der Waals surface area contributed by atoms with Crippen molar-refractivity contribution in [1.82, 2.24) is 15.6 Å². The molecule has 2 heterocycles. The van der Waals surface area contributed by atoms with Crippen molar-refractivity contribution in [3.8, 4) is 0 Å². The van der Waals surface area contributed by atoms with Crippen LogP contribution in [0.1, 0.15) is 36.8 Å². The summed E-state index contributed by atoms with van der Waals surface area (Å²) in [6.07, 6.45) is 7.94. The Hall–Kier alpha value is -1.66. The highest BCUT2D eigenvalue weighted by molar-refractivity contribution is 6.42. The van der Waals surface area contributed by atoms with Gasteiger partial charge in [0.2, 0.25) is 5.91 Å². The molecule has 0 radical (unpaired) electrons. The molecular formula is C22H28Cl2N4O. The highest BCUT2D eigenvalue weighted by Gasteiger charge is 2.40. The number of piperidine rings is 1. The molecule has 1 aromatic heterocycles. The molecule has 1 amide bonds. The second-order valence-corrected chi connectivity index (χ2v) is 8.42. The number of pyridine rings is 1. The van der Waals surface area contributed by atoms with E-state index in [-0.39, 0.29) is 0 Å². The number of amides is 1. The fourth-order valence-electron chi connectivity index (χ4n) is 4.04. The summed E-state index contributed by atoms with van der Waals surface area (Å²) in [5.74, 6) is 0.199. The topological polar surface area (TPSA) is 80.0 Å². The summed E-state index contributed by atoms with van der Waals surface area (Å²) in [6.45, 7) is 2.79. The average Bonchev–Trinajstić information content (AvgIpc) is 2.74. The monoisotopic (exact) mass is 434 g/mol. The maximum atomic E-state index is 12.8. The standard InChI is InChI=1S/C22H28Cl2N4O/c23-19-3-1-2-18(20(19)24)22(21(25)29,10-4-16-5-11-26-12-6-16)28-15-9-17-7-13-27-14-8-17/h1-3,5-6,11-12,17,27-28H,4,7-10,13-15H2,(H2,25,29). The second kappa shape index (κ2) is 10.4. The van der Waals surface area contributed by atoms with E-state index in [1.807, 2.05) is 24.3 Å². The molecule has 5 nitrogen and oxygen atoms in total. The number of carbonyl (C=O) groups excluding carboxylic acids is 1. The summed E-state index contributed by atoms with van der Waals surface area (Å²) >= 11 is 12.8. The van der Waals surface area contributed by atoms with Gasteiger partial charge >= 0.3 is 0 Å². The van der Waals surface area contributed by atoms with Crippen LogP contribution in [0.2, 0.25) is 10.0 Å². The number of hydrogen-bond donors (Lipinski definition) is 3. The van der Waals surface area contributed by atoms with Crippen molar-refractivity contribution < 1.29 is 4.79 Å². The van der Waals surface area contributed by atoms with Crippen molar-refractivity contribution in [1.29, 1.82) is 0 Å². The number of benzene rings is 1. The first-order chi connectivity index (χ1) is 14.0. The number of halogens is 2. The van der Waals surface area contributed by atoms with Crippen molar-refractivity contribution in [2.45, 2.75) is 37.6 Å². The molecule has 1 saturated heterocycles. The van der Waals surface area contributed by atoms with E-state index in [4.69, 9.17) is 28.9 Å². The van der Waals surface area contributed by atoms with E-state index in [1.54, 1.807) is 18.5 Å². The number of nitrogens with one attached hydrogen (secondary N) is 2. The normalized spacial score (nSPS) is 17.0. The van der Waals surface area contributed by atoms with E-state index in [1.165, 1.54) is 0 Å². The van der Waals surface area contributed by atoms with Crippen LogP contribution in [0.4, 0.5) is 0 Å². The van der Waals surface area contributed by atoms with E-state index < -0.39 is 11.4 Å². The molecule has 1 aliphatic rings. The minimum absolute atomic E-state index is 0.372. The Kier molecular flexibility index (Phi) is 7.90. The fourth-order valence-corrected chi connectivity index (χ4v) is 4.50. The zero-order valence-corrected chi connectivity index (χ0v) is 18.0. The molecule has 1 aromatic carbocycles. The Bertz CT molecular complexity index is 812. The fraction of sp³-hybridized carbons (Fsp3) is 0.455. The molecule has 2 aromatic rings. The van der Waals surface area contributed by atoms with Gasteiger partial charge in [0.25, 0.3) is 0 Å². The molecule has 0 bridgehead atoms. The Morgan fingerprint density at radius 1 is 1.21 bits per heavy atom. The van der Waals surface area contributed by atoms with Gasteiger partial charge in [-0.15, -0.1) is 0 Å². The molecule has 29 heavy (non-hydrogen) atoms. The highest BCUT2D eigenvalue weighted by atomic mass is 35.5. The van der Waals surface area contributed by atoms with Crippen LogP contribution in [0, 0.1) is 5.92 Å². The number of hydrogen-bond acceptors (Lipinski definition) is 4. The number of carbonyl (C=O) groups is 1. The van der Waals surface area contributed by atoms with Crippen molar-refractivity contribution in [3.05, 3.63) is 63.9 Å². The second-order valence-electron chi connectivity index (χ2n) is 7.64. The molecule has 1 aliphatic heterocycles. The van der Waals surface area contributed by atoms with Crippen LogP contribution in [0.3, 0.4) is 0 Å². The first-order valence-corrected chi connectivity index (χ1v) is 10.9. The van der Waals surface area contributed by atoms with Gasteiger partial charge in [0, 0.05) is 18.0 Å². The summed E-state index contributed by atoms with van der Waals surface area (Å²) in [4.78, 5) is 16.9. The lowest BCUT2D eigenvalue weighted by Gasteiger charge is -2.34. The van der Waals surface area contributed by atoms with E-state index in [2.05, 4.69) is 15.6 Å². The Morgan fingerprint density at radius 2 is 1.93 bits per heavy atom. The summed E-state index contributed by atoms with van der Waals surface area (Å²) in [6, 6.07) is 9.25. The zero-order chi connectivity index (χ0) is 20.7. The number of nitrogens with two attached hydrogens (primary N) is 1.